The molecule has 122 valence electrons. The first-order chi connectivity index (χ1) is 11.6. The summed E-state index contributed by atoms with van der Waals surface area (Å²) < 4.78 is 26.2. The van der Waals surface area contributed by atoms with Crippen LogP contribution in [0, 0.1) is 18.6 Å². The van der Waals surface area contributed by atoms with Gasteiger partial charge in [-0.1, -0.05) is 29.8 Å². The molecule has 0 bridgehead atoms. The number of hydrogen-bond donors (Lipinski definition) is 2. The minimum Gasteiger partial charge on any atom is -0.349 e. The van der Waals surface area contributed by atoms with Gasteiger partial charge < -0.3 is 10.6 Å². The Kier molecular flexibility index (Phi) is 4.60. The molecule has 2 N–H and O–H groups in total. The van der Waals surface area contributed by atoms with Crippen LogP contribution in [0.5, 0.6) is 0 Å². The summed E-state index contributed by atoms with van der Waals surface area (Å²) in [5.41, 5.74) is 2.64. The van der Waals surface area contributed by atoms with Gasteiger partial charge in [-0.15, -0.1) is 5.10 Å². The molecule has 1 heterocycles. The largest absolute Gasteiger partial charge is 0.349 e. The van der Waals surface area contributed by atoms with Crippen LogP contribution in [0.15, 0.2) is 48.7 Å². The highest BCUT2D eigenvalue weighted by molar-refractivity contribution is 5.56. The van der Waals surface area contributed by atoms with Crippen LogP contribution < -0.4 is 10.6 Å². The van der Waals surface area contributed by atoms with Gasteiger partial charge >= 0.3 is 0 Å². The van der Waals surface area contributed by atoms with Crippen LogP contribution in [-0.4, -0.2) is 15.2 Å². The highest BCUT2D eigenvalue weighted by Gasteiger charge is 2.05. The van der Waals surface area contributed by atoms with E-state index < -0.39 is 11.6 Å². The predicted molar refractivity (Wildman–Crippen MR) is 88.0 cm³/mol. The number of halogens is 2. The van der Waals surface area contributed by atoms with Gasteiger partial charge in [0.05, 0.1) is 6.20 Å². The Bertz CT molecular complexity index is 854. The number of nitrogens with one attached hydrogen (secondary N) is 2. The Balaban J connectivity index is 1.68. The molecule has 0 radical (unpaired) electrons. The van der Waals surface area contributed by atoms with Crippen molar-refractivity contribution in [2.75, 3.05) is 10.6 Å². The molecule has 0 unspecified atom stereocenters. The number of aromatic nitrogens is 3. The van der Waals surface area contributed by atoms with Crippen LogP contribution in [0.1, 0.15) is 11.1 Å². The highest BCUT2D eigenvalue weighted by Crippen LogP contribution is 2.17. The van der Waals surface area contributed by atoms with Gasteiger partial charge in [-0.3, -0.25) is 0 Å². The van der Waals surface area contributed by atoms with E-state index in [2.05, 4.69) is 31.9 Å². The van der Waals surface area contributed by atoms with Crippen LogP contribution in [0.2, 0.25) is 0 Å². The molecule has 0 saturated heterocycles. The Labute approximate surface area is 137 Å². The van der Waals surface area contributed by atoms with E-state index in [1.807, 2.05) is 25.1 Å². The molecule has 5 nitrogen and oxygen atoms in total. The SMILES string of the molecule is Cc1cccc(CNc2nncc(Nc3ccc(F)c(F)c3)n2)c1. The Morgan fingerprint density at radius 1 is 1.04 bits per heavy atom. The fourth-order valence-electron chi connectivity index (χ4n) is 2.16. The van der Waals surface area contributed by atoms with E-state index in [-0.39, 0.29) is 0 Å². The van der Waals surface area contributed by atoms with Crippen molar-refractivity contribution in [2.24, 2.45) is 0 Å². The lowest BCUT2D eigenvalue weighted by molar-refractivity contribution is 0.509. The van der Waals surface area contributed by atoms with E-state index in [9.17, 15) is 8.78 Å². The second kappa shape index (κ2) is 6.99. The van der Waals surface area contributed by atoms with Crippen LogP contribution in [0.25, 0.3) is 0 Å². The number of nitrogens with zero attached hydrogens (tertiary/aromatic N) is 3. The molecule has 0 aliphatic carbocycles. The van der Waals surface area contributed by atoms with E-state index in [0.29, 0.717) is 24.0 Å². The summed E-state index contributed by atoms with van der Waals surface area (Å²) in [5.74, 6) is -1.12. The first-order valence-corrected chi connectivity index (χ1v) is 7.31. The third kappa shape index (κ3) is 4.01. The lowest BCUT2D eigenvalue weighted by Gasteiger charge is -2.08. The molecule has 0 spiro atoms. The number of benzene rings is 2. The van der Waals surface area contributed by atoms with Gasteiger partial charge in [0.15, 0.2) is 17.5 Å². The van der Waals surface area contributed by atoms with Gasteiger partial charge in [0.25, 0.3) is 0 Å². The van der Waals surface area contributed by atoms with Gasteiger partial charge in [-0.05, 0) is 24.6 Å². The van der Waals surface area contributed by atoms with Gasteiger partial charge in [-0.2, -0.15) is 10.1 Å². The average molecular weight is 327 g/mol. The van der Waals surface area contributed by atoms with Crippen LogP contribution in [0.3, 0.4) is 0 Å². The summed E-state index contributed by atoms with van der Waals surface area (Å²) >= 11 is 0. The standard InChI is InChI=1S/C17H15F2N5/c1-11-3-2-4-12(7-11)9-20-17-23-16(10-21-24-17)22-13-5-6-14(18)15(19)8-13/h2-8,10H,9H2,1H3,(H2,20,22,23,24). The number of anilines is 3. The topological polar surface area (TPSA) is 62.7 Å². The molecule has 0 aliphatic rings. The fraction of sp³-hybridized carbons (Fsp3) is 0.118. The molecule has 0 aliphatic heterocycles. The van der Waals surface area contributed by atoms with Crippen molar-refractivity contribution >= 4 is 17.5 Å². The molecule has 3 rings (SSSR count). The maximum atomic E-state index is 13.2. The Morgan fingerprint density at radius 3 is 2.71 bits per heavy atom. The van der Waals surface area contributed by atoms with Gasteiger partial charge in [0, 0.05) is 18.3 Å². The van der Waals surface area contributed by atoms with Crippen molar-refractivity contribution in [1.29, 1.82) is 0 Å². The number of aryl methyl sites for hydroxylation is 1. The van der Waals surface area contributed by atoms with Crippen LogP contribution >= 0.6 is 0 Å². The van der Waals surface area contributed by atoms with Crippen molar-refractivity contribution in [3.63, 3.8) is 0 Å². The second-order valence-corrected chi connectivity index (χ2v) is 5.26. The number of rotatable bonds is 5. The summed E-state index contributed by atoms with van der Waals surface area (Å²) in [4.78, 5) is 4.25. The van der Waals surface area contributed by atoms with Crippen molar-refractivity contribution in [3.05, 3.63) is 71.4 Å². The van der Waals surface area contributed by atoms with E-state index in [1.165, 1.54) is 17.8 Å². The van der Waals surface area contributed by atoms with Crippen molar-refractivity contribution in [3.8, 4) is 0 Å². The third-order valence-electron chi connectivity index (χ3n) is 3.28. The molecule has 0 fully saturated rings. The maximum Gasteiger partial charge on any atom is 0.244 e. The predicted octanol–water partition coefficient (Wildman–Crippen LogP) is 3.81. The van der Waals surface area contributed by atoms with Crippen LogP contribution in [0.4, 0.5) is 26.2 Å². The third-order valence-corrected chi connectivity index (χ3v) is 3.28. The molecule has 0 saturated carbocycles. The fourth-order valence-corrected chi connectivity index (χ4v) is 2.16. The molecule has 7 heteroatoms. The zero-order chi connectivity index (χ0) is 16.9. The Hall–Kier alpha value is -3.09. The molecule has 0 atom stereocenters. The first-order valence-electron chi connectivity index (χ1n) is 7.31. The van der Waals surface area contributed by atoms with Crippen molar-refractivity contribution in [2.45, 2.75) is 13.5 Å². The molecule has 2 aromatic carbocycles. The molecular weight excluding hydrogens is 312 g/mol. The minimum atomic E-state index is -0.931. The van der Waals surface area contributed by atoms with E-state index in [4.69, 9.17) is 0 Å². The summed E-state index contributed by atoms with van der Waals surface area (Å²) in [5, 5.41) is 13.7. The first kappa shape index (κ1) is 15.8. The number of hydrogen-bond acceptors (Lipinski definition) is 5. The summed E-state index contributed by atoms with van der Waals surface area (Å²) in [6, 6.07) is 11.6. The Morgan fingerprint density at radius 2 is 1.92 bits per heavy atom. The maximum absolute atomic E-state index is 13.2. The normalized spacial score (nSPS) is 10.5. The molecule has 3 aromatic rings. The summed E-state index contributed by atoms with van der Waals surface area (Å²) in [6.07, 6.45) is 1.40. The molecule has 0 amide bonds. The van der Waals surface area contributed by atoms with E-state index >= 15 is 0 Å². The lowest BCUT2D eigenvalue weighted by Crippen LogP contribution is -2.06. The van der Waals surface area contributed by atoms with Gasteiger partial charge in [0.1, 0.15) is 0 Å². The smallest absolute Gasteiger partial charge is 0.244 e. The average Bonchev–Trinajstić information content (AvgIpc) is 2.57. The van der Waals surface area contributed by atoms with Gasteiger partial charge in [0.2, 0.25) is 5.95 Å². The highest BCUT2D eigenvalue weighted by atomic mass is 19.2. The zero-order valence-electron chi connectivity index (χ0n) is 12.9. The van der Waals surface area contributed by atoms with Crippen LogP contribution in [-0.2, 0) is 6.54 Å². The van der Waals surface area contributed by atoms with Crippen molar-refractivity contribution < 1.29 is 8.78 Å². The quantitative estimate of drug-likeness (QED) is 0.746. The summed E-state index contributed by atoms with van der Waals surface area (Å²) in [7, 11) is 0. The second-order valence-electron chi connectivity index (χ2n) is 5.26. The molecular formula is C17H15F2N5. The molecule has 1 aromatic heterocycles. The molecule has 24 heavy (non-hydrogen) atoms. The summed E-state index contributed by atoms with van der Waals surface area (Å²) in [6.45, 7) is 2.58. The monoisotopic (exact) mass is 327 g/mol. The lowest BCUT2D eigenvalue weighted by atomic mass is 10.1. The van der Waals surface area contributed by atoms with Crippen molar-refractivity contribution in [1.82, 2.24) is 15.2 Å². The van der Waals surface area contributed by atoms with Gasteiger partial charge in [-0.25, -0.2) is 8.78 Å². The van der Waals surface area contributed by atoms with E-state index in [0.717, 1.165) is 17.7 Å². The zero-order valence-corrected chi connectivity index (χ0v) is 12.9. The van der Waals surface area contributed by atoms with E-state index in [1.54, 1.807) is 0 Å². The minimum absolute atomic E-state index is 0.337.